The molecule has 0 aromatic heterocycles. The van der Waals surface area contributed by atoms with Gasteiger partial charge in [0.15, 0.2) is 0 Å². The van der Waals surface area contributed by atoms with Gasteiger partial charge in [0.2, 0.25) is 5.91 Å². The molecule has 0 spiro atoms. The summed E-state index contributed by atoms with van der Waals surface area (Å²) in [6, 6.07) is 7.48. The number of hydrogen-bond acceptors (Lipinski definition) is 2. The highest BCUT2D eigenvalue weighted by atomic mass is 35.5. The number of halogens is 1. The molecule has 122 valence electrons. The summed E-state index contributed by atoms with van der Waals surface area (Å²) in [5.41, 5.74) is 4.18. The molecular weight excluding hydrogens is 296 g/mol. The van der Waals surface area contributed by atoms with Crippen LogP contribution in [0.3, 0.4) is 0 Å². The Bertz CT molecular complexity index is 486. The van der Waals surface area contributed by atoms with Gasteiger partial charge in [-0.15, -0.1) is 0 Å². The summed E-state index contributed by atoms with van der Waals surface area (Å²) in [4.78, 5) is 11.7. The van der Waals surface area contributed by atoms with E-state index in [-0.39, 0.29) is 5.91 Å². The Hall–Kier alpha value is -1.35. The molecule has 1 N–H and O–H groups in total. The Labute approximate surface area is 139 Å². The van der Waals surface area contributed by atoms with Crippen LogP contribution in [0.1, 0.15) is 70.8 Å². The van der Waals surface area contributed by atoms with Gasteiger partial charge in [0.05, 0.1) is 5.71 Å². The minimum Gasteiger partial charge on any atom is -0.273 e. The molecule has 0 aliphatic heterocycles. The van der Waals surface area contributed by atoms with E-state index in [0.29, 0.717) is 11.4 Å². The lowest BCUT2D eigenvalue weighted by Crippen LogP contribution is -2.18. The van der Waals surface area contributed by atoms with Crippen molar-refractivity contribution in [2.75, 3.05) is 0 Å². The molecule has 1 amide bonds. The maximum Gasteiger partial charge on any atom is 0.240 e. The maximum atomic E-state index is 11.7. The van der Waals surface area contributed by atoms with E-state index in [1.807, 2.05) is 31.2 Å². The molecule has 0 radical (unpaired) electrons. The van der Waals surface area contributed by atoms with Crippen LogP contribution >= 0.6 is 11.6 Å². The lowest BCUT2D eigenvalue weighted by Gasteiger charge is -2.05. The average Bonchev–Trinajstić information content (AvgIpc) is 2.52. The SMILES string of the molecule is CCCCCCCCCC(=O)N/N=C(/C)c1ccccc1Cl. The van der Waals surface area contributed by atoms with Gasteiger partial charge in [-0.25, -0.2) is 5.43 Å². The number of carbonyl (C=O) groups is 1. The highest BCUT2D eigenvalue weighted by Gasteiger charge is 2.04. The first kappa shape index (κ1) is 18.7. The third-order valence-corrected chi connectivity index (χ3v) is 3.95. The minimum absolute atomic E-state index is 0.0278. The molecule has 0 bridgehead atoms. The van der Waals surface area contributed by atoms with Crippen LogP contribution in [0, 0.1) is 0 Å². The van der Waals surface area contributed by atoms with Crippen molar-refractivity contribution in [2.45, 2.75) is 65.2 Å². The van der Waals surface area contributed by atoms with Crippen molar-refractivity contribution in [1.29, 1.82) is 0 Å². The van der Waals surface area contributed by atoms with E-state index in [9.17, 15) is 4.79 Å². The Morgan fingerprint density at radius 3 is 2.41 bits per heavy atom. The van der Waals surface area contributed by atoms with Gasteiger partial charge in [-0.2, -0.15) is 5.10 Å². The number of carbonyl (C=O) groups excluding carboxylic acids is 1. The highest BCUT2D eigenvalue weighted by Crippen LogP contribution is 2.15. The van der Waals surface area contributed by atoms with Gasteiger partial charge in [-0.3, -0.25) is 4.79 Å². The van der Waals surface area contributed by atoms with Crippen molar-refractivity contribution < 1.29 is 4.79 Å². The molecule has 0 fully saturated rings. The number of unbranched alkanes of at least 4 members (excludes halogenated alkanes) is 6. The number of hydrogen-bond donors (Lipinski definition) is 1. The summed E-state index contributed by atoms with van der Waals surface area (Å²) in [5.74, 6) is -0.0278. The fourth-order valence-corrected chi connectivity index (χ4v) is 2.53. The second-order valence-corrected chi connectivity index (χ2v) is 5.99. The van der Waals surface area contributed by atoms with E-state index >= 15 is 0 Å². The molecule has 1 rings (SSSR count). The highest BCUT2D eigenvalue weighted by molar-refractivity contribution is 6.34. The van der Waals surface area contributed by atoms with Crippen molar-refractivity contribution in [1.82, 2.24) is 5.43 Å². The van der Waals surface area contributed by atoms with Gasteiger partial charge in [0, 0.05) is 17.0 Å². The third-order valence-electron chi connectivity index (χ3n) is 3.62. The van der Waals surface area contributed by atoms with Crippen LogP contribution < -0.4 is 5.43 Å². The van der Waals surface area contributed by atoms with Crippen LogP contribution in [0.4, 0.5) is 0 Å². The molecule has 0 saturated carbocycles. The lowest BCUT2D eigenvalue weighted by molar-refractivity contribution is -0.121. The quantitative estimate of drug-likeness (QED) is 0.353. The molecule has 22 heavy (non-hydrogen) atoms. The van der Waals surface area contributed by atoms with E-state index in [1.165, 1.54) is 32.1 Å². The normalized spacial score (nSPS) is 11.5. The Kier molecular flexibility index (Phi) is 9.56. The van der Waals surface area contributed by atoms with Gasteiger partial charge < -0.3 is 0 Å². The van der Waals surface area contributed by atoms with Gasteiger partial charge in [-0.05, 0) is 19.4 Å². The fourth-order valence-electron chi connectivity index (χ4n) is 2.26. The minimum atomic E-state index is -0.0278. The molecule has 0 unspecified atom stereocenters. The van der Waals surface area contributed by atoms with Crippen LogP contribution in [-0.2, 0) is 4.79 Å². The van der Waals surface area contributed by atoms with E-state index in [2.05, 4.69) is 17.5 Å². The van der Waals surface area contributed by atoms with E-state index in [0.717, 1.165) is 24.1 Å². The summed E-state index contributed by atoms with van der Waals surface area (Å²) in [7, 11) is 0. The first-order valence-electron chi connectivity index (χ1n) is 8.23. The number of hydrazone groups is 1. The zero-order valence-electron chi connectivity index (χ0n) is 13.7. The number of nitrogens with zero attached hydrogens (tertiary/aromatic N) is 1. The summed E-state index contributed by atoms with van der Waals surface area (Å²) in [5, 5.41) is 4.77. The standard InChI is InChI=1S/C18H27ClN2O/c1-3-4-5-6-7-8-9-14-18(22)21-20-15(2)16-12-10-11-13-17(16)19/h10-13H,3-9,14H2,1-2H3,(H,21,22)/b20-15-. The first-order valence-corrected chi connectivity index (χ1v) is 8.61. The van der Waals surface area contributed by atoms with E-state index < -0.39 is 0 Å². The van der Waals surface area contributed by atoms with Crippen molar-refractivity contribution in [2.24, 2.45) is 5.10 Å². The topological polar surface area (TPSA) is 41.5 Å². The van der Waals surface area contributed by atoms with Crippen molar-refractivity contribution in [3.63, 3.8) is 0 Å². The summed E-state index contributed by atoms with van der Waals surface area (Å²) in [6.45, 7) is 4.06. The lowest BCUT2D eigenvalue weighted by atomic mass is 10.1. The first-order chi connectivity index (χ1) is 10.6. The van der Waals surface area contributed by atoms with Gasteiger partial charge in [0.1, 0.15) is 0 Å². The summed E-state index contributed by atoms with van der Waals surface area (Å²) < 4.78 is 0. The molecule has 0 aliphatic rings. The van der Waals surface area contributed by atoms with Crippen LogP contribution in [-0.4, -0.2) is 11.6 Å². The molecular formula is C18H27ClN2O. The van der Waals surface area contributed by atoms with E-state index in [1.54, 1.807) is 0 Å². The van der Waals surface area contributed by atoms with Crippen LogP contribution in [0.5, 0.6) is 0 Å². The molecule has 1 aromatic carbocycles. The zero-order chi connectivity index (χ0) is 16.2. The number of rotatable bonds is 10. The van der Waals surface area contributed by atoms with Gasteiger partial charge in [-0.1, -0.05) is 75.2 Å². The van der Waals surface area contributed by atoms with Crippen LogP contribution in [0.2, 0.25) is 5.02 Å². The Morgan fingerprint density at radius 1 is 1.09 bits per heavy atom. The fraction of sp³-hybridized carbons (Fsp3) is 0.556. The summed E-state index contributed by atoms with van der Waals surface area (Å²) >= 11 is 6.10. The predicted octanol–water partition coefficient (Wildman–Crippen LogP) is 5.32. The molecule has 0 heterocycles. The Morgan fingerprint density at radius 2 is 1.73 bits per heavy atom. The van der Waals surface area contributed by atoms with Crippen LogP contribution in [0.15, 0.2) is 29.4 Å². The summed E-state index contributed by atoms with van der Waals surface area (Å²) in [6.07, 6.45) is 8.97. The van der Waals surface area contributed by atoms with Crippen molar-refractivity contribution in [3.8, 4) is 0 Å². The second kappa shape index (κ2) is 11.2. The van der Waals surface area contributed by atoms with Crippen molar-refractivity contribution >= 4 is 23.2 Å². The molecule has 0 saturated heterocycles. The third kappa shape index (κ3) is 7.60. The maximum absolute atomic E-state index is 11.7. The van der Waals surface area contributed by atoms with Gasteiger partial charge in [0.25, 0.3) is 0 Å². The molecule has 4 heteroatoms. The number of benzene rings is 1. The predicted molar refractivity (Wildman–Crippen MR) is 94.4 cm³/mol. The number of amides is 1. The second-order valence-electron chi connectivity index (χ2n) is 5.58. The molecule has 3 nitrogen and oxygen atoms in total. The molecule has 1 aromatic rings. The van der Waals surface area contributed by atoms with Crippen molar-refractivity contribution in [3.05, 3.63) is 34.9 Å². The smallest absolute Gasteiger partial charge is 0.240 e. The van der Waals surface area contributed by atoms with E-state index in [4.69, 9.17) is 11.6 Å². The number of nitrogens with one attached hydrogen (secondary N) is 1. The molecule has 0 atom stereocenters. The largest absolute Gasteiger partial charge is 0.273 e. The van der Waals surface area contributed by atoms with Gasteiger partial charge >= 0.3 is 0 Å². The molecule has 0 aliphatic carbocycles. The Balaban J connectivity index is 2.22. The van der Waals surface area contributed by atoms with Crippen LogP contribution in [0.25, 0.3) is 0 Å². The monoisotopic (exact) mass is 322 g/mol. The zero-order valence-corrected chi connectivity index (χ0v) is 14.5. The average molecular weight is 323 g/mol.